The molecule has 26 heteroatoms. The molecular formula is C66H72N7O18P. The number of hydrogen-bond donors (Lipinski definition) is 1. The minimum Gasteiger partial charge on any atom is -0.497 e. The van der Waals surface area contributed by atoms with Gasteiger partial charge < -0.3 is 51.7 Å². The Morgan fingerprint density at radius 3 is 1.76 bits per heavy atom. The highest BCUT2D eigenvalue weighted by molar-refractivity contribution is 7.44. The van der Waals surface area contributed by atoms with E-state index in [0.29, 0.717) is 40.2 Å². The fourth-order valence-electron chi connectivity index (χ4n) is 10.2. The third-order valence-electron chi connectivity index (χ3n) is 14.6. The average Bonchev–Trinajstić information content (AvgIpc) is 0.966. The number of hydrogen-bond acceptors (Lipinski definition) is 21. The van der Waals surface area contributed by atoms with Crippen LogP contribution in [0.5, 0.6) is 17.2 Å². The summed E-state index contributed by atoms with van der Waals surface area (Å²) in [6.07, 6.45) is -5.76. The lowest BCUT2D eigenvalue weighted by molar-refractivity contribution is -0.385. The second-order valence-corrected chi connectivity index (χ2v) is 22.8. The minimum absolute atomic E-state index is 0.0139. The third-order valence-corrected chi connectivity index (χ3v) is 16.7. The minimum atomic E-state index is -2.05. The summed E-state index contributed by atoms with van der Waals surface area (Å²) in [6.45, 7) is 9.28. The molecule has 1 N–H and O–H groups in total. The number of nitriles is 1. The number of nitrogens with one attached hydrogen (secondary N) is 1. The van der Waals surface area contributed by atoms with Crippen molar-refractivity contribution in [2.75, 3.05) is 46.0 Å². The lowest BCUT2D eigenvalue weighted by atomic mass is 9.80. The molecule has 0 spiro atoms. The molecular weight excluding hydrogens is 1210 g/mol. The number of carbonyl (C=O) groups is 2. The number of carbonyl (C=O) groups excluding carboxylic acids is 2. The monoisotopic (exact) mass is 1280 g/mol. The van der Waals surface area contributed by atoms with E-state index in [1.807, 2.05) is 111 Å². The van der Waals surface area contributed by atoms with Gasteiger partial charge in [-0.15, -0.1) is 0 Å². The molecule has 6 atom stereocenters. The van der Waals surface area contributed by atoms with Crippen LogP contribution in [0.25, 0.3) is 0 Å². The number of nitro benzene ring substituents is 2. The summed E-state index contributed by atoms with van der Waals surface area (Å²) in [7, 11) is 1.11. The molecule has 1 saturated heterocycles. The number of anilines is 1. The second kappa shape index (κ2) is 33.2. The topological polar surface area (TPSA) is 296 Å². The Morgan fingerprint density at radius 2 is 1.24 bits per heavy atom. The highest BCUT2D eigenvalue weighted by atomic mass is 31.2. The Morgan fingerprint density at radius 1 is 0.707 bits per heavy atom. The molecule has 2 unspecified atom stereocenters. The van der Waals surface area contributed by atoms with Gasteiger partial charge in [-0.3, -0.25) is 30.1 Å². The molecule has 6 aromatic carbocycles. The van der Waals surface area contributed by atoms with Crippen molar-refractivity contribution in [2.45, 2.75) is 109 Å². The molecule has 0 radical (unpaired) electrons. The highest BCUT2D eigenvalue weighted by Crippen LogP contribution is 2.51. The molecule has 2 heterocycles. The molecule has 7 aromatic rings. The zero-order valence-electron chi connectivity index (χ0n) is 51.8. The molecule has 1 amide bonds. The van der Waals surface area contributed by atoms with E-state index in [1.54, 1.807) is 69.7 Å². The second-order valence-electron chi connectivity index (χ2n) is 21.4. The van der Waals surface area contributed by atoms with Crippen LogP contribution in [-0.2, 0) is 62.5 Å². The molecule has 25 nitrogen and oxygen atoms in total. The Bertz CT molecular complexity index is 3580. The van der Waals surface area contributed by atoms with Gasteiger partial charge in [0.1, 0.15) is 47.0 Å². The molecule has 8 rings (SSSR count). The Balaban J connectivity index is 1.11. The van der Waals surface area contributed by atoms with E-state index >= 15 is 0 Å². The Kier molecular flexibility index (Phi) is 24.8. The maximum atomic E-state index is 14.6. The summed E-state index contributed by atoms with van der Waals surface area (Å²) in [6, 6.07) is 46.1. The zero-order chi connectivity index (χ0) is 65.7. The largest absolute Gasteiger partial charge is 0.513 e. The number of amides is 1. The summed E-state index contributed by atoms with van der Waals surface area (Å²) < 4.78 is 72.1. The van der Waals surface area contributed by atoms with Crippen LogP contribution < -0.4 is 25.2 Å². The zero-order valence-corrected chi connectivity index (χ0v) is 52.7. The van der Waals surface area contributed by atoms with Gasteiger partial charge in [0.2, 0.25) is 0 Å². The van der Waals surface area contributed by atoms with Gasteiger partial charge in [0.25, 0.3) is 19.9 Å². The van der Waals surface area contributed by atoms with E-state index in [9.17, 15) is 39.9 Å². The number of aromatic nitrogens is 2. The van der Waals surface area contributed by atoms with Gasteiger partial charge in [-0.25, -0.2) is 19.1 Å². The molecule has 484 valence electrons. The van der Waals surface area contributed by atoms with Crippen LogP contribution in [0.3, 0.4) is 0 Å². The number of methoxy groups -OCH3 is 2. The van der Waals surface area contributed by atoms with Gasteiger partial charge in [0, 0.05) is 55.4 Å². The molecule has 1 aromatic heterocycles. The molecule has 1 fully saturated rings. The number of rotatable bonds is 32. The number of nitro groups is 2. The fourth-order valence-corrected chi connectivity index (χ4v) is 11.9. The summed E-state index contributed by atoms with van der Waals surface area (Å²) in [5, 5.41) is 34.4. The van der Waals surface area contributed by atoms with Crippen LogP contribution in [0.4, 0.5) is 26.8 Å². The summed E-state index contributed by atoms with van der Waals surface area (Å²) in [4.78, 5) is 65.7. The SMILES string of the molecule is COc1ccc(C(OC[C@H]2O[C@@H](n3ccc(NC(=O)OCCc4ccc([N+](=O)[O-])cc4)nc3=O)[C@H](OC(C)OCc3ccc(OC(=O)OCCc4ccc([N+](=O)[O-])cc4)cc3)[C@@H]2OP(OCCC#N)N(C(C)C)C(C)C)(c2ccccc2)c2ccc(OC)cc2)cc1. The molecule has 1 aliphatic heterocycles. The van der Waals surface area contributed by atoms with Crippen LogP contribution in [-0.4, -0.2) is 114 Å². The van der Waals surface area contributed by atoms with E-state index < -0.39 is 72.7 Å². The van der Waals surface area contributed by atoms with Crippen molar-refractivity contribution in [3.05, 3.63) is 228 Å². The lowest BCUT2D eigenvalue weighted by Crippen LogP contribution is -2.44. The number of benzene rings is 6. The van der Waals surface area contributed by atoms with Crippen molar-refractivity contribution >= 4 is 38.0 Å². The van der Waals surface area contributed by atoms with Crippen molar-refractivity contribution in [1.29, 1.82) is 5.26 Å². The van der Waals surface area contributed by atoms with Crippen LogP contribution in [0.15, 0.2) is 169 Å². The molecule has 1 aliphatic rings. The van der Waals surface area contributed by atoms with Crippen LogP contribution in [0.1, 0.15) is 80.6 Å². The van der Waals surface area contributed by atoms with Gasteiger partial charge in [0.15, 0.2) is 12.5 Å². The van der Waals surface area contributed by atoms with Gasteiger partial charge in [0.05, 0.1) is 69.6 Å². The van der Waals surface area contributed by atoms with Crippen molar-refractivity contribution in [3.8, 4) is 23.3 Å². The summed E-state index contributed by atoms with van der Waals surface area (Å²) >= 11 is 0. The molecule has 0 bridgehead atoms. The maximum Gasteiger partial charge on any atom is 0.513 e. The van der Waals surface area contributed by atoms with E-state index in [4.69, 9.17) is 51.7 Å². The summed E-state index contributed by atoms with van der Waals surface area (Å²) in [5.41, 5.74) is 1.89. The molecule has 0 aliphatic carbocycles. The molecule has 92 heavy (non-hydrogen) atoms. The van der Waals surface area contributed by atoms with Gasteiger partial charge in [-0.1, -0.05) is 91.0 Å². The smallest absolute Gasteiger partial charge is 0.497 e. The van der Waals surface area contributed by atoms with E-state index in [-0.39, 0.29) is 80.9 Å². The fraction of sp³-hybridized carbons (Fsp3) is 0.348. The number of nitrogens with zero attached hydrogens (tertiary/aromatic N) is 6. The number of ether oxygens (including phenoxy) is 9. The third kappa shape index (κ3) is 18.3. The van der Waals surface area contributed by atoms with E-state index in [0.717, 1.165) is 11.1 Å². The standard InChI is InChI=1S/C66H72N7O18P/c1-44(2)71(45(3)4)92(87-39-11-37-67)91-60-58(43-86-66(50-12-9-8-10-13-50,51-20-30-55(81-6)31-21-51)52-22-32-56(82-7)33-23-52)90-62(70-38-34-59(68-63(70)74)69-64(75)83-40-35-47-14-24-53(25-15-47)72(77)78)61(60)88-46(5)85-42-49-18-28-57(29-19-49)89-65(76)84-41-36-48-16-26-54(27-17-48)73(79)80/h8-10,12-34,38,44-46,58,60-62H,11,35-36,39-43H2,1-7H3,(H,68,69,74,75)/t46?,58-,60-,61-,62-,92?/m1/s1. The van der Waals surface area contributed by atoms with E-state index in [2.05, 4.69) is 16.4 Å². The Hall–Kier alpha value is -9.22. The molecule has 0 saturated carbocycles. The van der Waals surface area contributed by atoms with Crippen LogP contribution in [0.2, 0.25) is 0 Å². The number of non-ortho nitro benzene ring substituents is 2. The van der Waals surface area contributed by atoms with Crippen LogP contribution in [0, 0.1) is 31.6 Å². The van der Waals surface area contributed by atoms with Crippen molar-refractivity contribution in [1.82, 2.24) is 14.2 Å². The first kappa shape index (κ1) is 68.7. The van der Waals surface area contributed by atoms with Crippen molar-refractivity contribution < 1.29 is 71.1 Å². The maximum absolute atomic E-state index is 14.6. The quantitative estimate of drug-likeness (QED) is 0.00599. The first-order chi connectivity index (χ1) is 44.4. The highest BCUT2D eigenvalue weighted by Gasteiger charge is 2.52. The summed E-state index contributed by atoms with van der Waals surface area (Å²) in [5.74, 6) is 1.26. The first-order valence-electron chi connectivity index (χ1n) is 29.5. The Labute approximate surface area is 532 Å². The van der Waals surface area contributed by atoms with Gasteiger partial charge in [-0.2, -0.15) is 10.2 Å². The van der Waals surface area contributed by atoms with Crippen LogP contribution >= 0.6 is 8.53 Å². The normalized spacial score (nSPS) is 16.1. The predicted octanol–water partition coefficient (Wildman–Crippen LogP) is 12.1. The van der Waals surface area contributed by atoms with Crippen molar-refractivity contribution in [2.24, 2.45) is 0 Å². The van der Waals surface area contributed by atoms with Gasteiger partial charge in [-0.05, 0) is 110 Å². The van der Waals surface area contributed by atoms with Crippen molar-refractivity contribution in [3.63, 3.8) is 0 Å². The average molecular weight is 1280 g/mol. The lowest BCUT2D eigenvalue weighted by Gasteiger charge is -2.39. The van der Waals surface area contributed by atoms with Gasteiger partial charge >= 0.3 is 17.9 Å². The predicted molar refractivity (Wildman–Crippen MR) is 337 cm³/mol. The first-order valence-corrected chi connectivity index (χ1v) is 30.6. The van der Waals surface area contributed by atoms with E-state index in [1.165, 1.54) is 41.1 Å².